The molecule has 2 aliphatic rings. The first-order valence-corrected chi connectivity index (χ1v) is 6.12. The lowest BCUT2D eigenvalue weighted by molar-refractivity contribution is -0.143. The molecular formula is C11H17BrO3. The number of fused-ring (bicyclic) bond motifs is 2. The molecule has 0 saturated heterocycles. The molecule has 2 N–H and O–H groups in total. The second-order valence-electron chi connectivity index (χ2n) is 5.69. The average Bonchev–Trinajstić information content (AvgIpc) is 2.48. The normalized spacial score (nSPS) is 47.1. The number of hydrogen-bond acceptors (Lipinski definition) is 2. The monoisotopic (exact) mass is 276 g/mol. The Hall–Kier alpha value is -0.0900. The number of rotatable bonds is 2. The van der Waals surface area contributed by atoms with E-state index in [0.717, 1.165) is 19.3 Å². The molecule has 0 heterocycles. The Labute approximate surface area is 98.0 Å². The highest BCUT2D eigenvalue weighted by Gasteiger charge is 2.68. The van der Waals surface area contributed by atoms with Crippen molar-refractivity contribution >= 4 is 21.9 Å². The first kappa shape index (κ1) is 11.4. The maximum Gasteiger partial charge on any atom is 0.303 e. The van der Waals surface area contributed by atoms with Crippen molar-refractivity contribution in [2.45, 2.75) is 50.0 Å². The molecule has 2 saturated carbocycles. The summed E-state index contributed by atoms with van der Waals surface area (Å²) >= 11 is 3.61. The molecule has 0 radical (unpaired) electrons. The number of aliphatic hydroxyl groups is 1. The first-order chi connectivity index (χ1) is 6.74. The summed E-state index contributed by atoms with van der Waals surface area (Å²) in [6, 6.07) is 0. The summed E-state index contributed by atoms with van der Waals surface area (Å²) in [7, 11) is 0. The maximum absolute atomic E-state index is 10.9. The molecule has 3 atom stereocenters. The van der Waals surface area contributed by atoms with E-state index in [0.29, 0.717) is 0 Å². The van der Waals surface area contributed by atoms with E-state index in [-0.39, 0.29) is 21.6 Å². The molecule has 0 aromatic heterocycles. The zero-order chi connectivity index (χ0) is 11.5. The van der Waals surface area contributed by atoms with Crippen LogP contribution in [0.3, 0.4) is 0 Å². The van der Waals surface area contributed by atoms with Gasteiger partial charge < -0.3 is 10.2 Å². The molecule has 3 nitrogen and oxygen atoms in total. The molecule has 2 bridgehead atoms. The van der Waals surface area contributed by atoms with Crippen LogP contribution >= 0.6 is 15.9 Å². The minimum absolute atomic E-state index is 0.171. The van der Waals surface area contributed by atoms with Gasteiger partial charge in [-0.25, -0.2) is 0 Å². The van der Waals surface area contributed by atoms with Gasteiger partial charge in [-0.05, 0) is 30.1 Å². The van der Waals surface area contributed by atoms with Crippen LogP contribution in [0.1, 0.15) is 39.5 Å². The van der Waals surface area contributed by atoms with E-state index >= 15 is 0 Å². The van der Waals surface area contributed by atoms with Gasteiger partial charge >= 0.3 is 5.97 Å². The molecule has 0 spiro atoms. The van der Waals surface area contributed by atoms with Crippen LogP contribution in [0.4, 0.5) is 0 Å². The van der Waals surface area contributed by atoms with Crippen LogP contribution in [0.15, 0.2) is 0 Å². The van der Waals surface area contributed by atoms with Gasteiger partial charge in [-0.15, -0.1) is 0 Å². The Balaban J connectivity index is 2.37. The Morgan fingerprint density at radius 2 is 2.07 bits per heavy atom. The van der Waals surface area contributed by atoms with Gasteiger partial charge in [0, 0.05) is 0 Å². The molecule has 4 heteroatoms. The number of carboxylic acid groups (broad SMARTS) is 1. The van der Waals surface area contributed by atoms with Crippen molar-refractivity contribution in [3.63, 3.8) is 0 Å². The standard InChI is InChI=1S/C11H17BrO3/c1-9(2)8(15)11(12)4-3-10(9,6-11)5-7(13)14/h8,15H,3-6H2,1-2H3,(H,13,14)/t8-,10-,11-/m0/s1. The van der Waals surface area contributed by atoms with Crippen molar-refractivity contribution in [2.24, 2.45) is 10.8 Å². The van der Waals surface area contributed by atoms with Crippen molar-refractivity contribution < 1.29 is 15.0 Å². The smallest absolute Gasteiger partial charge is 0.303 e. The zero-order valence-electron chi connectivity index (χ0n) is 9.09. The highest BCUT2D eigenvalue weighted by atomic mass is 79.9. The molecule has 0 aromatic carbocycles. The topological polar surface area (TPSA) is 57.5 Å². The number of halogens is 1. The van der Waals surface area contributed by atoms with Crippen molar-refractivity contribution in [1.29, 1.82) is 0 Å². The van der Waals surface area contributed by atoms with E-state index < -0.39 is 12.1 Å². The number of aliphatic carboxylic acids is 1. The zero-order valence-corrected chi connectivity index (χ0v) is 10.7. The summed E-state index contributed by atoms with van der Waals surface area (Å²) in [5.74, 6) is -0.756. The highest BCUT2D eigenvalue weighted by Crippen LogP contribution is 2.69. The van der Waals surface area contributed by atoms with E-state index in [2.05, 4.69) is 15.9 Å². The van der Waals surface area contributed by atoms with Crippen LogP contribution in [-0.4, -0.2) is 26.6 Å². The third-order valence-electron chi connectivity index (χ3n) is 4.68. The summed E-state index contributed by atoms with van der Waals surface area (Å²) in [5, 5.41) is 19.2. The fourth-order valence-corrected chi connectivity index (χ4v) is 4.88. The van der Waals surface area contributed by atoms with Crippen LogP contribution in [0, 0.1) is 10.8 Å². The number of carboxylic acids is 1. The van der Waals surface area contributed by atoms with Crippen molar-refractivity contribution in [1.82, 2.24) is 0 Å². The largest absolute Gasteiger partial charge is 0.481 e. The lowest BCUT2D eigenvalue weighted by atomic mass is 9.62. The number of alkyl halides is 1. The third-order valence-corrected chi connectivity index (χ3v) is 5.79. The lowest BCUT2D eigenvalue weighted by Crippen LogP contribution is -2.46. The second-order valence-corrected chi connectivity index (χ2v) is 7.27. The van der Waals surface area contributed by atoms with Gasteiger partial charge in [-0.1, -0.05) is 29.8 Å². The minimum Gasteiger partial charge on any atom is -0.481 e. The summed E-state index contributed by atoms with van der Waals surface area (Å²) in [6.07, 6.45) is 2.28. The number of aliphatic hydroxyl groups excluding tert-OH is 1. The van der Waals surface area contributed by atoms with Gasteiger partial charge in [0.1, 0.15) is 0 Å². The third kappa shape index (κ3) is 1.30. The molecule has 15 heavy (non-hydrogen) atoms. The number of hydrogen-bond donors (Lipinski definition) is 2. The Bertz CT molecular complexity index is 315. The van der Waals surface area contributed by atoms with Crippen molar-refractivity contribution in [2.75, 3.05) is 0 Å². The molecule has 2 fully saturated rings. The van der Waals surface area contributed by atoms with E-state index in [4.69, 9.17) is 5.11 Å². The Kier molecular flexibility index (Phi) is 2.26. The molecule has 2 aliphatic carbocycles. The molecule has 0 amide bonds. The van der Waals surface area contributed by atoms with Crippen LogP contribution in [0.25, 0.3) is 0 Å². The van der Waals surface area contributed by atoms with Gasteiger partial charge in [-0.3, -0.25) is 4.79 Å². The maximum atomic E-state index is 10.9. The first-order valence-electron chi connectivity index (χ1n) is 5.32. The fraction of sp³-hybridized carbons (Fsp3) is 0.909. The second kappa shape index (κ2) is 2.98. The van der Waals surface area contributed by atoms with Gasteiger partial charge in [0.2, 0.25) is 0 Å². The predicted molar refractivity (Wildman–Crippen MR) is 60.0 cm³/mol. The van der Waals surface area contributed by atoms with Crippen LogP contribution in [0.2, 0.25) is 0 Å². The predicted octanol–water partition coefficient (Wildman–Crippen LogP) is 2.17. The lowest BCUT2D eigenvalue weighted by Gasteiger charge is -2.44. The summed E-state index contributed by atoms with van der Waals surface area (Å²) in [4.78, 5) is 10.9. The summed E-state index contributed by atoms with van der Waals surface area (Å²) in [6.45, 7) is 3.98. The Morgan fingerprint density at radius 1 is 1.47 bits per heavy atom. The van der Waals surface area contributed by atoms with E-state index in [1.165, 1.54) is 0 Å². The van der Waals surface area contributed by atoms with Crippen LogP contribution in [-0.2, 0) is 4.79 Å². The van der Waals surface area contributed by atoms with E-state index in [9.17, 15) is 9.90 Å². The van der Waals surface area contributed by atoms with Gasteiger partial charge in [-0.2, -0.15) is 0 Å². The summed E-state index contributed by atoms with van der Waals surface area (Å²) in [5.41, 5.74) is -0.547. The average molecular weight is 277 g/mol. The van der Waals surface area contributed by atoms with Crippen LogP contribution < -0.4 is 0 Å². The quantitative estimate of drug-likeness (QED) is 0.760. The molecule has 0 aromatic rings. The molecular weight excluding hydrogens is 260 g/mol. The highest BCUT2D eigenvalue weighted by molar-refractivity contribution is 9.10. The van der Waals surface area contributed by atoms with Crippen molar-refractivity contribution in [3.8, 4) is 0 Å². The summed E-state index contributed by atoms with van der Waals surface area (Å²) < 4.78 is -0.244. The molecule has 0 unspecified atom stereocenters. The molecule has 86 valence electrons. The van der Waals surface area contributed by atoms with Gasteiger partial charge in [0.25, 0.3) is 0 Å². The van der Waals surface area contributed by atoms with Gasteiger partial charge in [0.05, 0.1) is 16.8 Å². The molecule has 2 rings (SSSR count). The SMILES string of the molecule is CC1(C)[C@H](O)[C@]2(Br)CC[C@]1(CC(=O)O)C2. The molecule has 0 aliphatic heterocycles. The Morgan fingerprint density at radius 3 is 2.47 bits per heavy atom. The van der Waals surface area contributed by atoms with E-state index in [1.54, 1.807) is 0 Å². The van der Waals surface area contributed by atoms with Crippen LogP contribution in [0.5, 0.6) is 0 Å². The van der Waals surface area contributed by atoms with Gasteiger partial charge in [0.15, 0.2) is 0 Å². The van der Waals surface area contributed by atoms with E-state index in [1.807, 2.05) is 13.8 Å². The van der Waals surface area contributed by atoms with Crippen molar-refractivity contribution in [3.05, 3.63) is 0 Å². The number of carbonyl (C=O) groups is 1. The minimum atomic E-state index is -0.756. The fourth-order valence-electron chi connectivity index (χ4n) is 3.57.